The van der Waals surface area contributed by atoms with Crippen LogP contribution in [-0.4, -0.2) is 11.6 Å². The van der Waals surface area contributed by atoms with Gasteiger partial charge in [-0.05, 0) is 35.8 Å². The van der Waals surface area contributed by atoms with Crippen LogP contribution in [0.25, 0.3) is 0 Å². The molecule has 98 valence electrons. The van der Waals surface area contributed by atoms with Crippen LogP contribution in [0.15, 0.2) is 24.3 Å². The number of carbonyl (C=O) groups is 2. The summed E-state index contributed by atoms with van der Waals surface area (Å²) in [5.41, 5.74) is 0.0360. The number of hydrogen-bond donors (Lipinski definition) is 0. The smallest absolute Gasteiger partial charge is 0.159 e. The maximum atomic E-state index is 12.1. The van der Waals surface area contributed by atoms with Gasteiger partial charge in [0.2, 0.25) is 0 Å². The van der Waals surface area contributed by atoms with E-state index in [0.717, 1.165) is 12.8 Å². The van der Waals surface area contributed by atoms with Gasteiger partial charge in [-0.2, -0.15) is 0 Å². The van der Waals surface area contributed by atoms with Crippen molar-refractivity contribution in [2.45, 2.75) is 40.5 Å². The van der Waals surface area contributed by atoms with Gasteiger partial charge in [-0.3, -0.25) is 9.59 Å². The van der Waals surface area contributed by atoms with E-state index in [0.29, 0.717) is 0 Å². The molecule has 0 aliphatic heterocycles. The highest BCUT2D eigenvalue weighted by Gasteiger charge is 2.41. The molecule has 0 aromatic carbocycles. The minimum absolute atomic E-state index is 0.0180. The van der Waals surface area contributed by atoms with Crippen LogP contribution < -0.4 is 0 Å². The standard InChI is InChI=1S/C16H22O2/c1-15(2)7-5-13(17)11(9-15)12-10-16(3,4)8-6-14(12)18/h5-8,11-12H,9-10H2,1-4H3. The average Bonchev–Trinajstić information content (AvgIpc) is 2.25. The summed E-state index contributed by atoms with van der Waals surface area (Å²) in [5, 5.41) is 0. The lowest BCUT2D eigenvalue weighted by molar-refractivity contribution is -0.130. The molecular weight excluding hydrogens is 224 g/mol. The van der Waals surface area contributed by atoms with Crippen molar-refractivity contribution in [2.75, 3.05) is 0 Å². The molecule has 0 aromatic heterocycles. The lowest BCUT2D eigenvalue weighted by Crippen LogP contribution is -2.38. The van der Waals surface area contributed by atoms with Crippen molar-refractivity contribution in [3.8, 4) is 0 Å². The first-order valence-corrected chi connectivity index (χ1v) is 6.66. The number of hydrogen-bond acceptors (Lipinski definition) is 2. The minimum Gasteiger partial charge on any atom is -0.295 e. The van der Waals surface area contributed by atoms with E-state index in [9.17, 15) is 9.59 Å². The van der Waals surface area contributed by atoms with Crippen molar-refractivity contribution in [3.63, 3.8) is 0 Å². The fourth-order valence-corrected chi connectivity index (χ4v) is 3.01. The Hall–Kier alpha value is -1.18. The molecule has 2 rings (SSSR count). The number of carbonyl (C=O) groups excluding carboxylic acids is 2. The molecule has 0 amide bonds. The summed E-state index contributed by atoms with van der Waals surface area (Å²) in [7, 11) is 0. The SMILES string of the molecule is CC1(C)C=CC(=O)C(C2CC(C)(C)C=CC2=O)C1. The van der Waals surface area contributed by atoms with E-state index >= 15 is 0 Å². The summed E-state index contributed by atoms with van der Waals surface area (Å²) in [6, 6.07) is 0. The molecule has 0 heterocycles. The van der Waals surface area contributed by atoms with Crippen molar-refractivity contribution in [2.24, 2.45) is 22.7 Å². The van der Waals surface area contributed by atoms with Crippen LogP contribution in [0.4, 0.5) is 0 Å². The second-order valence-corrected chi connectivity index (χ2v) is 7.07. The van der Waals surface area contributed by atoms with Crippen LogP contribution in [0.3, 0.4) is 0 Å². The zero-order chi connectivity index (χ0) is 13.6. The highest BCUT2D eigenvalue weighted by atomic mass is 16.1. The first-order chi connectivity index (χ1) is 8.20. The molecule has 2 unspecified atom stereocenters. The molecule has 2 aliphatic rings. The molecule has 2 atom stereocenters. The second-order valence-electron chi connectivity index (χ2n) is 7.07. The Bertz CT molecular complexity index is 396. The molecular formula is C16H22O2. The third-order valence-corrected chi connectivity index (χ3v) is 4.11. The van der Waals surface area contributed by atoms with Gasteiger partial charge < -0.3 is 0 Å². The van der Waals surface area contributed by atoms with Gasteiger partial charge in [0.1, 0.15) is 0 Å². The Morgan fingerprint density at radius 3 is 1.50 bits per heavy atom. The van der Waals surface area contributed by atoms with Crippen LogP contribution in [0.1, 0.15) is 40.5 Å². The van der Waals surface area contributed by atoms with Gasteiger partial charge in [-0.1, -0.05) is 39.8 Å². The van der Waals surface area contributed by atoms with Crippen LogP contribution in [0, 0.1) is 22.7 Å². The van der Waals surface area contributed by atoms with Gasteiger partial charge in [0.05, 0.1) is 0 Å². The van der Waals surface area contributed by atoms with Gasteiger partial charge in [0.15, 0.2) is 11.6 Å². The van der Waals surface area contributed by atoms with E-state index in [4.69, 9.17) is 0 Å². The Kier molecular flexibility index (Phi) is 3.08. The number of ketones is 2. The second kappa shape index (κ2) is 4.18. The number of allylic oxidation sites excluding steroid dienone is 4. The molecule has 0 saturated heterocycles. The van der Waals surface area contributed by atoms with E-state index in [-0.39, 0.29) is 34.2 Å². The zero-order valence-electron chi connectivity index (χ0n) is 11.7. The largest absolute Gasteiger partial charge is 0.295 e. The normalized spacial score (nSPS) is 33.8. The Balaban J connectivity index is 2.27. The van der Waals surface area contributed by atoms with E-state index < -0.39 is 0 Å². The quantitative estimate of drug-likeness (QED) is 0.711. The maximum absolute atomic E-state index is 12.1. The predicted octanol–water partition coefficient (Wildman–Crippen LogP) is 3.33. The molecule has 0 aromatic rings. The lowest BCUT2D eigenvalue weighted by Gasteiger charge is -2.38. The van der Waals surface area contributed by atoms with Gasteiger partial charge in [0.25, 0.3) is 0 Å². The van der Waals surface area contributed by atoms with Crippen molar-refractivity contribution in [3.05, 3.63) is 24.3 Å². The van der Waals surface area contributed by atoms with Gasteiger partial charge in [-0.15, -0.1) is 0 Å². The van der Waals surface area contributed by atoms with Crippen LogP contribution in [0.5, 0.6) is 0 Å². The van der Waals surface area contributed by atoms with E-state index in [1.807, 2.05) is 12.2 Å². The Morgan fingerprint density at radius 1 is 0.833 bits per heavy atom. The van der Waals surface area contributed by atoms with Gasteiger partial charge in [-0.25, -0.2) is 0 Å². The molecule has 0 saturated carbocycles. The topological polar surface area (TPSA) is 34.1 Å². The predicted molar refractivity (Wildman–Crippen MR) is 72.1 cm³/mol. The van der Waals surface area contributed by atoms with E-state index in [1.54, 1.807) is 12.2 Å². The number of rotatable bonds is 1. The molecule has 0 bridgehead atoms. The lowest BCUT2D eigenvalue weighted by atomic mass is 9.65. The van der Waals surface area contributed by atoms with Crippen molar-refractivity contribution < 1.29 is 9.59 Å². The fraction of sp³-hybridized carbons (Fsp3) is 0.625. The summed E-state index contributed by atoms with van der Waals surface area (Å²) >= 11 is 0. The third-order valence-electron chi connectivity index (χ3n) is 4.11. The van der Waals surface area contributed by atoms with Crippen molar-refractivity contribution >= 4 is 11.6 Å². The average molecular weight is 246 g/mol. The Morgan fingerprint density at radius 2 is 1.17 bits per heavy atom. The molecule has 0 radical (unpaired) electrons. The van der Waals surface area contributed by atoms with E-state index in [1.165, 1.54) is 0 Å². The summed E-state index contributed by atoms with van der Waals surface area (Å²) in [5.74, 6) is -0.0269. The van der Waals surface area contributed by atoms with Crippen LogP contribution in [0.2, 0.25) is 0 Å². The third kappa shape index (κ3) is 2.63. The van der Waals surface area contributed by atoms with Crippen molar-refractivity contribution in [1.82, 2.24) is 0 Å². The molecule has 18 heavy (non-hydrogen) atoms. The summed E-state index contributed by atoms with van der Waals surface area (Å²) in [6.45, 7) is 8.49. The first kappa shape index (κ1) is 13.3. The molecule has 2 heteroatoms. The molecule has 0 N–H and O–H groups in total. The highest BCUT2D eigenvalue weighted by Crippen LogP contribution is 2.42. The molecule has 2 nitrogen and oxygen atoms in total. The van der Waals surface area contributed by atoms with Crippen LogP contribution in [-0.2, 0) is 9.59 Å². The van der Waals surface area contributed by atoms with Crippen molar-refractivity contribution in [1.29, 1.82) is 0 Å². The molecule has 0 spiro atoms. The summed E-state index contributed by atoms with van der Waals surface area (Å²) in [6.07, 6.45) is 8.85. The van der Waals surface area contributed by atoms with Gasteiger partial charge in [0, 0.05) is 11.8 Å². The van der Waals surface area contributed by atoms with Crippen LogP contribution >= 0.6 is 0 Å². The minimum atomic E-state index is -0.137. The monoisotopic (exact) mass is 246 g/mol. The Labute approximate surface area is 109 Å². The summed E-state index contributed by atoms with van der Waals surface area (Å²) < 4.78 is 0. The molecule has 0 fully saturated rings. The van der Waals surface area contributed by atoms with Gasteiger partial charge >= 0.3 is 0 Å². The fourth-order valence-electron chi connectivity index (χ4n) is 3.01. The highest BCUT2D eigenvalue weighted by molar-refractivity contribution is 6.00. The summed E-state index contributed by atoms with van der Waals surface area (Å²) in [4.78, 5) is 24.1. The maximum Gasteiger partial charge on any atom is 0.159 e. The molecule has 2 aliphatic carbocycles. The zero-order valence-corrected chi connectivity index (χ0v) is 11.7. The van der Waals surface area contributed by atoms with E-state index in [2.05, 4.69) is 27.7 Å². The first-order valence-electron chi connectivity index (χ1n) is 6.66.